The Bertz CT molecular complexity index is 306. The summed E-state index contributed by atoms with van der Waals surface area (Å²) in [6.45, 7) is 0.870. The highest BCUT2D eigenvalue weighted by molar-refractivity contribution is 5.76. The fraction of sp³-hybridized carbons (Fsp3) is 0.429. The molecule has 1 atom stereocenters. The highest BCUT2D eigenvalue weighted by Crippen LogP contribution is 2.19. The molecule has 0 bridgehead atoms. The first-order valence-corrected chi connectivity index (χ1v) is 3.77. The van der Waals surface area contributed by atoms with Crippen molar-refractivity contribution in [2.24, 2.45) is 0 Å². The molecule has 0 aromatic carbocycles. The fourth-order valence-electron chi connectivity index (χ4n) is 0.721. The van der Waals surface area contributed by atoms with Gasteiger partial charge in [-0.1, -0.05) is 0 Å². The van der Waals surface area contributed by atoms with Crippen LogP contribution >= 0.6 is 0 Å². The van der Waals surface area contributed by atoms with Crippen LogP contribution < -0.4 is 5.32 Å². The van der Waals surface area contributed by atoms with Gasteiger partial charge >= 0.3 is 12.2 Å². The number of imidazole rings is 1. The lowest BCUT2D eigenvalue weighted by atomic mass is 10.3. The van der Waals surface area contributed by atoms with Gasteiger partial charge in [-0.05, 0) is 6.92 Å². The van der Waals surface area contributed by atoms with Crippen LogP contribution in [0.3, 0.4) is 0 Å². The van der Waals surface area contributed by atoms with Crippen LogP contribution in [0, 0.1) is 0 Å². The lowest BCUT2D eigenvalue weighted by Gasteiger charge is -2.16. The normalized spacial score (nSPS) is 13.7. The Labute approximate surface area is 77.7 Å². The minimum Gasteiger partial charge on any atom is -0.326 e. The van der Waals surface area contributed by atoms with E-state index in [0.29, 0.717) is 0 Å². The largest absolute Gasteiger partial charge is 0.408 e. The van der Waals surface area contributed by atoms with Crippen molar-refractivity contribution in [2.45, 2.75) is 19.1 Å². The first kappa shape index (κ1) is 10.6. The van der Waals surface area contributed by atoms with E-state index < -0.39 is 18.2 Å². The van der Waals surface area contributed by atoms with E-state index in [4.69, 9.17) is 0 Å². The zero-order chi connectivity index (χ0) is 10.8. The second-order valence-corrected chi connectivity index (χ2v) is 2.68. The molecular weight excluding hydrogens is 199 g/mol. The molecule has 1 aromatic rings. The number of halogens is 3. The van der Waals surface area contributed by atoms with Gasteiger partial charge in [0.2, 0.25) is 0 Å². The smallest absolute Gasteiger partial charge is 0.326 e. The van der Waals surface area contributed by atoms with E-state index in [-0.39, 0.29) is 0 Å². The van der Waals surface area contributed by atoms with Crippen molar-refractivity contribution < 1.29 is 18.0 Å². The van der Waals surface area contributed by atoms with Crippen LogP contribution in [0.25, 0.3) is 0 Å². The Hall–Kier alpha value is -1.53. The lowest BCUT2D eigenvalue weighted by molar-refractivity contribution is -0.148. The van der Waals surface area contributed by atoms with Crippen molar-refractivity contribution in [1.82, 2.24) is 14.9 Å². The number of hydrogen-bond acceptors (Lipinski definition) is 2. The molecule has 4 nitrogen and oxygen atoms in total. The highest BCUT2D eigenvalue weighted by Gasteiger charge is 2.37. The number of carbonyl (C=O) groups excluding carboxylic acids is 1. The first-order valence-electron chi connectivity index (χ1n) is 3.77. The van der Waals surface area contributed by atoms with Crippen LogP contribution in [0.5, 0.6) is 0 Å². The Balaban J connectivity index is 2.58. The van der Waals surface area contributed by atoms with Crippen molar-refractivity contribution >= 4 is 6.03 Å². The lowest BCUT2D eigenvalue weighted by Crippen LogP contribution is -2.44. The fourth-order valence-corrected chi connectivity index (χ4v) is 0.721. The van der Waals surface area contributed by atoms with Crippen LogP contribution in [0.2, 0.25) is 0 Å². The number of amides is 1. The summed E-state index contributed by atoms with van der Waals surface area (Å²) in [6.07, 6.45) is -0.745. The highest BCUT2D eigenvalue weighted by atomic mass is 19.4. The van der Waals surface area contributed by atoms with E-state index >= 15 is 0 Å². The summed E-state index contributed by atoms with van der Waals surface area (Å²) in [5.41, 5.74) is 0. The molecule has 0 aliphatic carbocycles. The molecule has 0 saturated carbocycles. The number of rotatable bonds is 1. The molecule has 0 fully saturated rings. The Morgan fingerprint density at radius 3 is 2.64 bits per heavy atom. The van der Waals surface area contributed by atoms with Crippen LogP contribution in [-0.2, 0) is 0 Å². The van der Waals surface area contributed by atoms with Crippen LogP contribution in [0.15, 0.2) is 18.7 Å². The van der Waals surface area contributed by atoms with E-state index in [1.54, 1.807) is 5.32 Å². The number of nitrogens with zero attached hydrogens (tertiary/aromatic N) is 2. The molecule has 0 aliphatic rings. The maximum absolute atomic E-state index is 12.0. The topological polar surface area (TPSA) is 46.9 Å². The first-order chi connectivity index (χ1) is 6.41. The summed E-state index contributed by atoms with van der Waals surface area (Å²) in [4.78, 5) is 14.6. The number of aromatic nitrogens is 2. The third-order valence-electron chi connectivity index (χ3n) is 1.57. The predicted octanol–water partition coefficient (Wildman–Crippen LogP) is 1.39. The maximum Gasteiger partial charge on any atom is 0.408 e. The van der Waals surface area contributed by atoms with E-state index in [0.717, 1.165) is 17.8 Å². The van der Waals surface area contributed by atoms with Gasteiger partial charge in [-0.3, -0.25) is 4.57 Å². The van der Waals surface area contributed by atoms with E-state index in [9.17, 15) is 18.0 Å². The van der Waals surface area contributed by atoms with Gasteiger partial charge in [0.15, 0.2) is 0 Å². The van der Waals surface area contributed by atoms with E-state index in [1.807, 2.05) is 0 Å². The molecule has 1 rings (SSSR count). The van der Waals surface area contributed by atoms with Crippen molar-refractivity contribution in [3.63, 3.8) is 0 Å². The Morgan fingerprint density at radius 1 is 1.57 bits per heavy atom. The van der Waals surface area contributed by atoms with Crippen LogP contribution in [0.1, 0.15) is 6.92 Å². The van der Waals surface area contributed by atoms with Crippen molar-refractivity contribution in [2.75, 3.05) is 0 Å². The summed E-state index contributed by atoms with van der Waals surface area (Å²) < 4.78 is 37.0. The van der Waals surface area contributed by atoms with Gasteiger partial charge in [0.05, 0.1) is 0 Å². The second kappa shape index (κ2) is 3.69. The molecular formula is C7H8F3N3O. The van der Waals surface area contributed by atoms with E-state index in [1.165, 1.54) is 12.4 Å². The predicted molar refractivity (Wildman–Crippen MR) is 41.7 cm³/mol. The SMILES string of the molecule is CC(NC(=O)n1ccnc1)C(F)(F)F. The Morgan fingerprint density at radius 2 is 2.21 bits per heavy atom. The van der Waals surface area contributed by atoms with Gasteiger partial charge in [0, 0.05) is 12.4 Å². The van der Waals surface area contributed by atoms with Gasteiger partial charge in [0.1, 0.15) is 12.4 Å². The minimum atomic E-state index is -4.43. The molecule has 1 heterocycles. The van der Waals surface area contributed by atoms with Gasteiger partial charge < -0.3 is 5.32 Å². The summed E-state index contributed by atoms with van der Waals surface area (Å²) in [5, 5.41) is 1.78. The van der Waals surface area contributed by atoms with Crippen LogP contribution in [0.4, 0.5) is 18.0 Å². The molecule has 78 valence electrons. The minimum absolute atomic E-state index is 0.854. The monoisotopic (exact) mass is 207 g/mol. The Kier molecular flexibility index (Phi) is 2.78. The summed E-state index contributed by atoms with van der Waals surface area (Å²) in [6, 6.07) is -2.73. The molecule has 1 N–H and O–H groups in total. The van der Waals surface area contributed by atoms with Gasteiger partial charge in [-0.15, -0.1) is 0 Å². The van der Waals surface area contributed by atoms with E-state index in [2.05, 4.69) is 4.98 Å². The molecule has 1 amide bonds. The summed E-state index contributed by atoms with van der Waals surface area (Å²) in [5.74, 6) is 0. The molecule has 0 radical (unpaired) electrons. The number of carbonyl (C=O) groups is 1. The summed E-state index contributed by atoms with van der Waals surface area (Å²) in [7, 11) is 0. The molecule has 0 spiro atoms. The van der Waals surface area contributed by atoms with Crippen molar-refractivity contribution in [1.29, 1.82) is 0 Å². The number of alkyl halides is 3. The second-order valence-electron chi connectivity index (χ2n) is 2.68. The average molecular weight is 207 g/mol. The standard InChI is InChI=1S/C7H8F3N3O/c1-5(7(8,9)10)12-6(14)13-3-2-11-4-13/h2-5H,1H3,(H,12,14). The zero-order valence-electron chi connectivity index (χ0n) is 7.25. The van der Waals surface area contributed by atoms with Gasteiger partial charge in [-0.2, -0.15) is 13.2 Å². The third-order valence-corrected chi connectivity index (χ3v) is 1.57. The zero-order valence-corrected chi connectivity index (χ0v) is 7.25. The maximum atomic E-state index is 12.0. The molecule has 1 unspecified atom stereocenters. The quantitative estimate of drug-likeness (QED) is 0.756. The van der Waals surface area contributed by atoms with Crippen molar-refractivity contribution in [3.8, 4) is 0 Å². The molecule has 14 heavy (non-hydrogen) atoms. The molecule has 7 heteroatoms. The van der Waals surface area contributed by atoms with Gasteiger partial charge in [-0.25, -0.2) is 9.78 Å². The van der Waals surface area contributed by atoms with Gasteiger partial charge in [0.25, 0.3) is 0 Å². The molecule has 0 saturated heterocycles. The average Bonchev–Trinajstić information content (AvgIpc) is 2.53. The van der Waals surface area contributed by atoms with Crippen molar-refractivity contribution in [3.05, 3.63) is 18.7 Å². The molecule has 0 aliphatic heterocycles. The number of nitrogens with one attached hydrogen (secondary N) is 1. The summed E-state index contributed by atoms with van der Waals surface area (Å²) >= 11 is 0. The third kappa shape index (κ3) is 2.48. The molecule has 1 aromatic heterocycles. The number of hydrogen-bond donors (Lipinski definition) is 1. The van der Waals surface area contributed by atoms with Crippen LogP contribution in [-0.4, -0.2) is 27.8 Å².